The van der Waals surface area contributed by atoms with E-state index in [0.29, 0.717) is 12.6 Å². The van der Waals surface area contributed by atoms with Crippen molar-refractivity contribution in [3.05, 3.63) is 30.3 Å². The number of aliphatic hydroxyl groups is 1. The molecule has 5 nitrogen and oxygen atoms in total. The molecule has 1 spiro atoms. The molecule has 1 aromatic carbocycles. The topological polar surface area (TPSA) is 55.8 Å². The molecule has 1 aromatic rings. The van der Waals surface area contributed by atoms with Crippen molar-refractivity contribution in [1.29, 1.82) is 0 Å². The minimum absolute atomic E-state index is 0.178. The summed E-state index contributed by atoms with van der Waals surface area (Å²) in [5, 5.41) is 15.0. The number of likely N-dealkylation sites (tertiary alicyclic amines) is 1. The van der Waals surface area contributed by atoms with E-state index in [2.05, 4.69) is 27.2 Å². The summed E-state index contributed by atoms with van der Waals surface area (Å²) in [6.07, 6.45) is 12.4. The molecule has 164 valence electrons. The third-order valence-electron chi connectivity index (χ3n) is 8.66. The second kappa shape index (κ2) is 8.16. The Bertz CT molecular complexity index is 740. The summed E-state index contributed by atoms with van der Waals surface area (Å²) < 4.78 is 0. The largest absolute Gasteiger partial charge is 0.388 e. The Morgan fingerprint density at radius 1 is 0.900 bits per heavy atom. The maximum Gasteiger partial charge on any atom is 0.247 e. The van der Waals surface area contributed by atoms with Crippen LogP contribution in [0.3, 0.4) is 0 Å². The molecule has 2 aliphatic carbocycles. The monoisotopic (exact) mass is 411 g/mol. The number of hydrogen-bond donors (Lipinski definition) is 2. The van der Waals surface area contributed by atoms with E-state index in [1.54, 1.807) is 0 Å². The van der Waals surface area contributed by atoms with Crippen LogP contribution in [0.1, 0.15) is 70.6 Å². The van der Waals surface area contributed by atoms with Crippen LogP contribution in [-0.2, 0) is 4.79 Å². The molecule has 0 aromatic heterocycles. The van der Waals surface area contributed by atoms with Crippen molar-refractivity contribution in [3.8, 4) is 0 Å². The van der Waals surface area contributed by atoms with E-state index in [-0.39, 0.29) is 11.9 Å². The zero-order valence-electron chi connectivity index (χ0n) is 18.2. The number of hydrogen-bond acceptors (Lipinski definition) is 4. The van der Waals surface area contributed by atoms with Crippen LogP contribution in [-0.4, -0.2) is 52.9 Å². The highest BCUT2D eigenvalue weighted by Gasteiger charge is 2.53. The Hall–Kier alpha value is -1.59. The van der Waals surface area contributed by atoms with Crippen LogP contribution >= 0.6 is 0 Å². The van der Waals surface area contributed by atoms with E-state index in [1.165, 1.54) is 38.5 Å². The minimum atomic E-state index is -0.528. The molecule has 4 aliphatic rings. The summed E-state index contributed by atoms with van der Waals surface area (Å²) in [5.74, 6) is 0.639. The lowest BCUT2D eigenvalue weighted by Crippen LogP contribution is -2.64. The SMILES string of the molecule is O=C1NCN(c2ccccc2)C12CCN([C@@H]1CCCC[C@@]1(O)C1CCCCC1)CC2. The molecule has 30 heavy (non-hydrogen) atoms. The standard InChI is InChI=1S/C25H37N3O2/c29-23-24(28(19-26-23)21-11-5-2-6-12-21)15-17-27(18-16-24)22-13-7-8-14-25(22,30)20-9-3-1-4-10-20/h2,5-6,11-12,20,22,30H,1,3-4,7-10,13-19H2,(H,26,29)/t22-,25-/m1/s1. The molecule has 0 unspecified atom stereocenters. The summed E-state index contributed by atoms with van der Waals surface area (Å²) in [4.78, 5) is 17.8. The fourth-order valence-corrected chi connectivity index (χ4v) is 6.98. The van der Waals surface area contributed by atoms with Crippen LogP contribution in [0.25, 0.3) is 0 Å². The van der Waals surface area contributed by atoms with Gasteiger partial charge < -0.3 is 15.3 Å². The smallest absolute Gasteiger partial charge is 0.247 e. The Morgan fingerprint density at radius 2 is 1.60 bits per heavy atom. The first-order valence-electron chi connectivity index (χ1n) is 12.2. The van der Waals surface area contributed by atoms with Crippen LogP contribution in [0.5, 0.6) is 0 Å². The summed E-state index contributed by atoms with van der Waals surface area (Å²) in [6.45, 7) is 2.39. The fraction of sp³-hybridized carbons (Fsp3) is 0.720. The number of nitrogens with zero attached hydrogens (tertiary/aromatic N) is 2. The quantitative estimate of drug-likeness (QED) is 0.797. The zero-order valence-corrected chi connectivity index (χ0v) is 18.2. The molecule has 5 heteroatoms. The molecule has 2 atom stereocenters. The van der Waals surface area contributed by atoms with Crippen molar-refractivity contribution in [3.63, 3.8) is 0 Å². The number of carbonyl (C=O) groups excluding carboxylic acids is 1. The van der Waals surface area contributed by atoms with Crippen molar-refractivity contribution in [2.24, 2.45) is 5.92 Å². The molecule has 5 rings (SSSR count). The van der Waals surface area contributed by atoms with Crippen LogP contribution < -0.4 is 10.2 Å². The zero-order chi connectivity index (χ0) is 20.6. The van der Waals surface area contributed by atoms with Crippen molar-refractivity contribution in [1.82, 2.24) is 10.2 Å². The molecule has 2 heterocycles. The van der Waals surface area contributed by atoms with Gasteiger partial charge >= 0.3 is 0 Å². The van der Waals surface area contributed by atoms with E-state index in [9.17, 15) is 9.90 Å². The lowest BCUT2D eigenvalue weighted by Gasteiger charge is -2.53. The Morgan fingerprint density at radius 3 is 2.33 bits per heavy atom. The highest BCUT2D eigenvalue weighted by molar-refractivity contribution is 5.93. The number of amides is 1. The average Bonchev–Trinajstić information content (AvgIpc) is 3.11. The first kappa shape index (κ1) is 20.3. The number of benzene rings is 1. The molecule has 2 saturated heterocycles. The molecular weight excluding hydrogens is 374 g/mol. The fourth-order valence-electron chi connectivity index (χ4n) is 6.98. The number of carbonyl (C=O) groups is 1. The van der Waals surface area contributed by atoms with Gasteiger partial charge in [0.15, 0.2) is 0 Å². The summed E-state index contributed by atoms with van der Waals surface area (Å²) in [5.41, 5.74) is 0.163. The van der Waals surface area contributed by atoms with Gasteiger partial charge in [0.25, 0.3) is 0 Å². The number of para-hydroxylation sites is 1. The maximum atomic E-state index is 13.0. The summed E-state index contributed by atoms with van der Waals surface area (Å²) in [6, 6.07) is 10.6. The second-order valence-electron chi connectivity index (χ2n) is 10.1. The van der Waals surface area contributed by atoms with Crippen molar-refractivity contribution >= 4 is 11.6 Å². The van der Waals surface area contributed by atoms with Crippen LogP contribution in [0, 0.1) is 5.92 Å². The normalized spacial score (nSPS) is 33.0. The summed E-state index contributed by atoms with van der Waals surface area (Å²) in [7, 11) is 0. The highest BCUT2D eigenvalue weighted by atomic mass is 16.3. The predicted octanol–water partition coefficient (Wildman–Crippen LogP) is 3.67. The average molecular weight is 412 g/mol. The van der Waals surface area contributed by atoms with Gasteiger partial charge in [0, 0.05) is 24.8 Å². The van der Waals surface area contributed by atoms with Crippen molar-refractivity contribution in [2.45, 2.75) is 87.8 Å². The van der Waals surface area contributed by atoms with Gasteiger partial charge in [-0.25, -0.2) is 0 Å². The van der Waals surface area contributed by atoms with E-state index in [0.717, 1.165) is 50.9 Å². The van der Waals surface area contributed by atoms with E-state index in [4.69, 9.17) is 0 Å². The molecule has 2 saturated carbocycles. The molecule has 2 aliphatic heterocycles. The Kier molecular flexibility index (Phi) is 5.53. The van der Waals surface area contributed by atoms with Crippen LogP contribution in [0.15, 0.2) is 30.3 Å². The molecule has 0 radical (unpaired) electrons. The Labute approximate surface area is 180 Å². The lowest BCUT2D eigenvalue weighted by atomic mass is 9.66. The van der Waals surface area contributed by atoms with Gasteiger partial charge in [-0.2, -0.15) is 0 Å². The molecule has 0 bridgehead atoms. The molecular formula is C25H37N3O2. The molecule has 2 N–H and O–H groups in total. The van der Waals surface area contributed by atoms with E-state index < -0.39 is 11.1 Å². The van der Waals surface area contributed by atoms with Crippen LogP contribution in [0.2, 0.25) is 0 Å². The van der Waals surface area contributed by atoms with Gasteiger partial charge in [-0.3, -0.25) is 9.69 Å². The number of rotatable bonds is 3. The van der Waals surface area contributed by atoms with Crippen molar-refractivity contribution in [2.75, 3.05) is 24.7 Å². The summed E-state index contributed by atoms with van der Waals surface area (Å²) >= 11 is 0. The Balaban J connectivity index is 1.33. The van der Waals surface area contributed by atoms with Crippen LogP contribution in [0.4, 0.5) is 5.69 Å². The van der Waals surface area contributed by atoms with E-state index >= 15 is 0 Å². The number of nitrogens with one attached hydrogen (secondary N) is 1. The minimum Gasteiger partial charge on any atom is -0.388 e. The third-order valence-corrected chi connectivity index (χ3v) is 8.66. The maximum absolute atomic E-state index is 13.0. The van der Waals surface area contributed by atoms with Gasteiger partial charge in [-0.15, -0.1) is 0 Å². The lowest BCUT2D eigenvalue weighted by molar-refractivity contribution is -0.134. The van der Waals surface area contributed by atoms with Gasteiger partial charge in [0.2, 0.25) is 5.91 Å². The van der Waals surface area contributed by atoms with Gasteiger partial charge in [-0.1, -0.05) is 50.3 Å². The molecule has 1 amide bonds. The predicted molar refractivity (Wildman–Crippen MR) is 119 cm³/mol. The van der Waals surface area contributed by atoms with Gasteiger partial charge in [0.1, 0.15) is 5.54 Å². The molecule has 4 fully saturated rings. The highest BCUT2D eigenvalue weighted by Crippen LogP contribution is 2.45. The number of anilines is 1. The van der Waals surface area contributed by atoms with E-state index in [1.807, 2.05) is 18.2 Å². The van der Waals surface area contributed by atoms with Crippen molar-refractivity contribution < 1.29 is 9.90 Å². The van der Waals surface area contributed by atoms with Gasteiger partial charge in [0.05, 0.1) is 12.3 Å². The first-order chi connectivity index (χ1) is 14.6. The first-order valence-corrected chi connectivity index (χ1v) is 12.2. The second-order valence-corrected chi connectivity index (χ2v) is 10.1. The number of piperidine rings is 1. The third kappa shape index (κ3) is 3.34. The van der Waals surface area contributed by atoms with Gasteiger partial charge in [-0.05, 0) is 56.6 Å².